The first-order valence-electron chi connectivity index (χ1n) is 5.94. The first-order valence-corrected chi connectivity index (χ1v) is 5.94. The van der Waals surface area contributed by atoms with Crippen LogP contribution in [0.5, 0.6) is 0 Å². The molecule has 2 N–H and O–H groups in total. The summed E-state index contributed by atoms with van der Waals surface area (Å²) in [5.41, 5.74) is 0. The topological polar surface area (TPSA) is 41.1 Å². The van der Waals surface area contributed by atoms with Gasteiger partial charge in [-0.3, -0.25) is 4.79 Å². The van der Waals surface area contributed by atoms with Crippen molar-refractivity contribution in [1.82, 2.24) is 10.6 Å². The molecule has 1 rings (SSSR count). The van der Waals surface area contributed by atoms with Gasteiger partial charge in [-0.05, 0) is 25.8 Å². The third-order valence-corrected chi connectivity index (χ3v) is 2.78. The fraction of sp³-hybridized carbons (Fsp3) is 0.750. The SMILES string of the molecule is C=CCCNCC(=O)NC1CCCCC1. The van der Waals surface area contributed by atoms with Crippen LogP contribution < -0.4 is 10.6 Å². The lowest BCUT2D eigenvalue weighted by atomic mass is 9.95. The van der Waals surface area contributed by atoms with Gasteiger partial charge in [0.2, 0.25) is 5.91 Å². The highest BCUT2D eigenvalue weighted by Gasteiger charge is 2.14. The first kappa shape index (κ1) is 12.2. The van der Waals surface area contributed by atoms with Crippen molar-refractivity contribution in [2.75, 3.05) is 13.1 Å². The molecule has 0 heterocycles. The molecular weight excluding hydrogens is 188 g/mol. The quantitative estimate of drug-likeness (QED) is 0.516. The molecule has 3 nitrogen and oxygen atoms in total. The summed E-state index contributed by atoms with van der Waals surface area (Å²) < 4.78 is 0. The van der Waals surface area contributed by atoms with E-state index in [-0.39, 0.29) is 5.91 Å². The molecule has 1 amide bonds. The summed E-state index contributed by atoms with van der Waals surface area (Å²) >= 11 is 0. The van der Waals surface area contributed by atoms with Crippen LogP contribution >= 0.6 is 0 Å². The third-order valence-electron chi connectivity index (χ3n) is 2.78. The Labute approximate surface area is 92.3 Å². The van der Waals surface area contributed by atoms with E-state index in [1.165, 1.54) is 19.3 Å². The van der Waals surface area contributed by atoms with E-state index in [0.717, 1.165) is 25.8 Å². The summed E-state index contributed by atoms with van der Waals surface area (Å²) in [6, 6.07) is 0.424. The second kappa shape index (κ2) is 7.46. The fourth-order valence-corrected chi connectivity index (χ4v) is 1.93. The van der Waals surface area contributed by atoms with Crippen LogP contribution in [0.1, 0.15) is 38.5 Å². The van der Waals surface area contributed by atoms with E-state index in [2.05, 4.69) is 17.2 Å². The van der Waals surface area contributed by atoms with Crippen molar-refractivity contribution in [3.8, 4) is 0 Å². The van der Waals surface area contributed by atoms with E-state index in [1.807, 2.05) is 6.08 Å². The molecule has 86 valence electrons. The van der Waals surface area contributed by atoms with Gasteiger partial charge in [0.1, 0.15) is 0 Å². The van der Waals surface area contributed by atoms with Crippen molar-refractivity contribution >= 4 is 5.91 Å². The average Bonchev–Trinajstić information content (AvgIpc) is 2.26. The highest BCUT2D eigenvalue weighted by atomic mass is 16.1. The molecule has 0 radical (unpaired) electrons. The number of hydrogen-bond acceptors (Lipinski definition) is 2. The predicted octanol–water partition coefficient (Wildman–Crippen LogP) is 1.60. The zero-order valence-electron chi connectivity index (χ0n) is 9.43. The summed E-state index contributed by atoms with van der Waals surface area (Å²) in [6.07, 6.45) is 8.91. The Morgan fingerprint density at radius 3 is 2.73 bits per heavy atom. The first-order chi connectivity index (χ1) is 7.33. The molecule has 1 aliphatic carbocycles. The van der Waals surface area contributed by atoms with E-state index in [0.29, 0.717) is 12.6 Å². The van der Waals surface area contributed by atoms with Crippen molar-refractivity contribution < 1.29 is 4.79 Å². The molecule has 1 fully saturated rings. The summed E-state index contributed by atoms with van der Waals surface area (Å²) in [7, 11) is 0. The maximum absolute atomic E-state index is 11.5. The Bertz CT molecular complexity index is 198. The lowest BCUT2D eigenvalue weighted by molar-refractivity contribution is -0.121. The van der Waals surface area contributed by atoms with Gasteiger partial charge in [0.15, 0.2) is 0 Å². The van der Waals surface area contributed by atoms with Crippen molar-refractivity contribution in [1.29, 1.82) is 0 Å². The smallest absolute Gasteiger partial charge is 0.234 e. The molecular formula is C12H22N2O. The molecule has 0 bridgehead atoms. The lowest BCUT2D eigenvalue weighted by Crippen LogP contribution is -2.41. The number of rotatable bonds is 6. The van der Waals surface area contributed by atoms with Crippen LogP contribution in [0.3, 0.4) is 0 Å². The molecule has 3 heteroatoms. The average molecular weight is 210 g/mol. The predicted molar refractivity (Wildman–Crippen MR) is 62.7 cm³/mol. The van der Waals surface area contributed by atoms with Crippen LogP contribution in [0.25, 0.3) is 0 Å². The van der Waals surface area contributed by atoms with E-state index in [4.69, 9.17) is 0 Å². The maximum Gasteiger partial charge on any atom is 0.234 e. The van der Waals surface area contributed by atoms with Gasteiger partial charge in [-0.25, -0.2) is 0 Å². The Morgan fingerprint density at radius 1 is 1.33 bits per heavy atom. The zero-order valence-corrected chi connectivity index (χ0v) is 9.43. The van der Waals surface area contributed by atoms with Crippen LogP contribution in [0.4, 0.5) is 0 Å². The van der Waals surface area contributed by atoms with Crippen LogP contribution in [-0.2, 0) is 4.79 Å². The zero-order chi connectivity index (χ0) is 10.9. The fourth-order valence-electron chi connectivity index (χ4n) is 1.93. The molecule has 0 atom stereocenters. The van der Waals surface area contributed by atoms with E-state index < -0.39 is 0 Å². The van der Waals surface area contributed by atoms with Gasteiger partial charge in [-0.2, -0.15) is 0 Å². The van der Waals surface area contributed by atoms with Gasteiger partial charge in [-0.1, -0.05) is 25.3 Å². The monoisotopic (exact) mass is 210 g/mol. The van der Waals surface area contributed by atoms with Crippen molar-refractivity contribution in [2.24, 2.45) is 0 Å². The molecule has 15 heavy (non-hydrogen) atoms. The number of amides is 1. The van der Waals surface area contributed by atoms with Gasteiger partial charge >= 0.3 is 0 Å². The summed E-state index contributed by atoms with van der Waals surface area (Å²) in [4.78, 5) is 11.5. The molecule has 0 aromatic rings. The second-order valence-electron chi connectivity index (χ2n) is 4.16. The summed E-state index contributed by atoms with van der Waals surface area (Å²) in [5, 5.41) is 6.16. The number of carbonyl (C=O) groups excluding carboxylic acids is 1. The van der Waals surface area contributed by atoms with Gasteiger partial charge in [-0.15, -0.1) is 6.58 Å². The Morgan fingerprint density at radius 2 is 2.07 bits per heavy atom. The Balaban J connectivity index is 2.04. The minimum absolute atomic E-state index is 0.131. The maximum atomic E-state index is 11.5. The van der Waals surface area contributed by atoms with E-state index in [1.54, 1.807) is 0 Å². The van der Waals surface area contributed by atoms with E-state index >= 15 is 0 Å². The number of hydrogen-bond donors (Lipinski definition) is 2. The molecule has 0 unspecified atom stereocenters. The van der Waals surface area contributed by atoms with Crippen LogP contribution in [0.2, 0.25) is 0 Å². The van der Waals surface area contributed by atoms with Gasteiger partial charge in [0, 0.05) is 6.04 Å². The largest absolute Gasteiger partial charge is 0.352 e. The van der Waals surface area contributed by atoms with Crippen molar-refractivity contribution in [3.05, 3.63) is 12.7 Å². The summed E-state index contributed by atoms with van der Waals surface area (Å²) in [6.45, 7) is 4.90. The standard InChI is InChI=1S/C12H22N2O/c1-2-3-9-13-10-12(15)14-11-7-5-4-6-8-11/h2,11,13H,1,3-10H2,(H,14,15). The Kier molecular flexibility index (Phi) is 6.09. The lowest BCUT2D eigenvalue weighted by Gasteiger charge is -2.22. The van der Waals surface area contributed by atoms with E-state index in [9.17, 15) is 4.79 Å². The van der Waals surface area contributed by atoms with Crippen LogP contribution in [-0.4, -0.2) is 25.0 Å². The van der Waals surface area contributed by atoms with Crippen molar-refractivity contribution in [2.45, 2.75) is 44.6 Å². The van der Waals surface area contributed by atoms with Crippen molar-refractivity contribution in [3.63, 3.8) is 0 Å². The second-order valence-corrected chi connectivity index (χ2v) is 4.16. The van der Waals surface area contributed by atoms with Gasteiger partial charge in [0.25, 0.3) is 0 Å². The molecule has 0 saturated heterocycles. The molecule has 0 aromatic heterocycles. The molecule has 0 spiro atoms. The number of nitrogens with one attached hydrogen (secondary N) is 2. The van der Waals surface area contributed by atoms with Crippen LogP contribution in [0, 0.1) is 0 Å². The highest BCUT2D eigenvalue weighted by Crippen LogP contribution is 2.16. The summed E-state index contributed by atoms with van der Waals surface area (Å²) in [5.74, 6) is 0.131. The molecule has 0 aromatic carbocycles. The van der Waals surface area contributed by atoms with Gasteiger partial charge in [0.05, 0.1) is 6.54 Å². The molecule has 1 aliphatic rings. The molecule has 0 aliphatic heterocycles. The van der Waals surface area contributed by atoms with Crippen LogP contribution in [0.15, 0.2) is 12.7 Å². The minimum atomic E-state index is 0.131. The molecule has 1 saturated carbocycles. The number of carbonyl (C=O) groups is 1. The third kappa shape index (κ3) is 5.57. The minimum Gasteiger partial charge on any atom is -0.352 e. The normalized spacial score (nSPS) is 17.3. The van der Waals surface area contributed by atoms with Gasteiger partial charge < -0.3 is 10.6 Å². The Hall–Kier alpha value is -0.830. The highest BCUT2D eigenvalue weighted by molar-refractivity contribution is 5.78.